The topological polar surface area (TPSA) is 88.3 Å². The van der Waals surface area contributed by atoms with Crippen molar-refractivity contribution in [3.05, 3.63) is 11.7 Å². The SMILES string of the molecule is CCc1noc(CN[C@H]2CS(=O)(=O)C[C@@H]2N2CCCCC2)n1. The summed E-state index contributed by atoms with van der Waals surface area (Å²) in [5.41, 5.74) is 0. The Morgan fingerprint density at radius 2 is 2.05 bits per heavy atom. The van der Waals surface area contributed by atoms with Gasteiger partial charge in [0.15, 0.2) is 15.7 Å². The van der Waals surface area contributed by atoms with E-state index in [4.69, 9.17) is 4.52 Å². The summed E-state index contributed by atoms with van der Waals surface area (Å²) >= 11 is 0. The summed E-state index contributed by atoms with van der Waals surface area (Å²) in [5, 5.41) is 7.18. The molecule has 0 aliphatic carbocycles. The Hall–Kier alpha value is -0.990. The van der Waals surface area contributed by atoms with Crippen LogP contribution in [0, 0.1) is 0 Å². The molecule has 2 aliphatic heterocycles. The second-order valence-electron chi connectivity index (χ2n) is 6.19. The second kappa shape index (κ2) is 6.64. The van der Waals surface area contributed by atoms with Gasteiger partial charge in [0.2, 0.25) is 5.89 Å². The highest BCUT2D eigenvalue weighted by Crippen LogP contribution is 2.22. The molecule has 0 unspecified atom stereocenters. The zero-order chi connectivity index (χ0) is 15.6. The molecule has 124 valence electrons. The van der Waals surface area contributed by atoms with Crippen molar-refractivity contribution in [1.82, 2.24) is 20.4 Å². The van der Waals surface area contributed by atoms with E-state index in [0.29, 0.717) is 18.3 Å². The Bertz CT molecular complexity index is 595. The van der Waals surface area contributed by atoms with Crippen molar-refractivity contribution in [3.63, 3.8) is 0 Å². The highest BCUT2D eigenvalue weighted by Gasteiger charge is 2.41. The third-order valence-electron chi connectivity index (χ3n) is 4.52. The number of likely N-dealkylation sites (tertiary alicyclic amines) is 1. The van der Waals surface area contributed by atoms with E-state index in [2.05, 4.69) is 20.4 Å². The Morgan fingerprint density at radius 1 is 1.27 bits per heavy atom. The van der Waals surface area contributed by atoms with Crippen molar-refractivity contribution < 1.29 is 12.9 Å². The molecule has 22 heavy (non-hydrogen) atoms. The van der Waals surface area contributed by atoms with Crippen LogP contribution >= 0.6 is 0 Å². The molecular weight excluding hydrogens is 304 g/mol. The van der Waals surface area contributed by atoms with Crippen molar-refractivity contribution in [2.45, 2.75) is 51.2 Å². The van der Waals surface area contributed by atoms with Gasteiger partial charge in [-0.1, -0.05) is 18.5 Å². The van der Waals surface area contributed by atoms with Gasteiger partial charge in [-0.15, -0.1) is 0 Å². The first-order valence-corrected chi connectivity index (χ1v) is 9.89. The van der Waals surface area contributed by atoms with E-state index >= 15 is 0 Å². The molecule has 0 saturated carbocycles. The van der Waals surface area contributed by atoms with Crippen molar-refractivity contribution >= 4 is 9.84 Å². The summed E-state index contributed by atoms with van der Waals surface area (Å²) in [5.74, 6) is 1.67. The van der Waals surface area contributed by atoms with Crippen LogP contribution < -0.4 is 5.32 Å². The summed E-state index contributed by atoms with van der Waals surface area (Å²) in [7, 11) is -2.97. The lowest BCUT2D eigenvalue weighted by Crippen LogP contribution is -2.50. The Morgan fingerprint density at radius 3 is 2.73 bits per heavy atom. The van der Waals surface area contributed by atoms with Gasteiger partial charge in [-0.25, -0.2) is 8.42 Å². The van der Waals surface area contributed by atoms with Crippen LogP contribution in [-0.4, -0.2) is 60.1 Å². The number of sulfone groups is 1. The zero-order valence-corrected chi connectivity index (χ0v) is 13.8. The van der Waals surface area contributed by atoms with Crippen LogP contribution in [0.4, 0.5) is 0 Å². The Kier molecular flexibility index (Phi) is 4.79. The average molecular weight is 328 g/mol. The summed E-state index contributed by atoms with van der Waals surface area (Å²) < 4.78 is 29.2. The molecule has 8 heteroatoms. The fraction of sp³-hybridized carbons (Fsp3) is 0.857. The van der Waals surface area contributed by atoms with Gasteiger partial charge < -0.3 is 9.84 Å². The monoisotopic (exact) mass is 328 g/mol. The van der Waals surface area contributed by atoms with Crippen LogP contribution in [-0.2, 0) is 22.8 Å². The maximum atomic E-state index is 12.0. The van der Waals surface area contributed by atoms with Gasteiger partial charge in [-0.05, 0) is 25.9 Å². The summed E-state index contributed by atoms with van der Waals surface area (Å²) in [4.78, 5) is 6.59. The maximum Gasteiger partial charge on any atom is 0.240 e. The van der Waals surface area contributed by atoms with Crippen molar-refractivity contribution in [1.29, 1.82) is 0 Å². The van der Waals surface area contributed by atoms with Crippen molar-refractivity contribution in [3.8, 4) is 0 Å². The standard InChI is InChI=1S/C14H24N4O3S/c1-2-13-16-14(21-17-13)8-15-11-9-22(19,20)10-12(11)18-6-4-3-5-7-18/h11-12,15H,2-10H2,1H3/t11-,12-/m0/s1. The molecule has 1 aromatic heterocycles. The predicted octanol–water partition coefficient (Wildman–Crippen LogP) is 0.373. The highest BCUT2D eigenvalue weighted by molar-refractivity contribution is 7.91. The molecular formula is C14H24N4O3S. The lowest BCUT2D eigenvalue weighted by molar-refractivity contribution is 0.153. The largest absolute Gasteiger partial charge is 0.338 e. The molecule has 0 spiro atoms. The van der Waals surface area contributed by atoms with Crippen molar-refractivity contribution in [2.75, 3.05) is 24.6 Å². The molecule has 0 aromatic carbocycles. The van der Waals surface area contributed by atoms with E-state index in [1.807, 2.05) is 6.92 Å². The van der Waals surface area contributed by atoms with Gasteiger partial charge in [0, 0.05) is 18.5 Å². The predicted molar refractivity (Wildman–Crippen MR) is 82.2 cm³/mol. The molecule has 1 N–H and O–H groups in total. The third-order valence-corrected chi connectivity index (χ3v) is 6.24. The molecule has 2 atom stereocenters. The average Bonchev–Trinajstić information content (AvgIpc) is 3.09. The lowest BCUT2D eigenvalue weighted by atomic mass is 10.1. The van der Waals surface area contributed by atoms with Gasteiger partial charge in [0.1, 0.15) is 0 Å². The number of hydrogen-bond donors (Lipinski definition) is 1. The third kappa shape index (κ3) is 3.67. The molecule has 0 bridgehead atoms. The van der Waals surface area contributed by atoms with Gasteiger partial charge >= 0.3 is 0 Å². The molecule has 1 aromatic rings. The van der Waals surface area contributed by atoms with Crippen molar-refractivity contribution in [2.24, 2.45) is 0 Å². The van der Waals surface area contributed by atoms with E-state index < -0.39 is 9.84 Å². The van der Waals surface area contributed by atoms with Crippen LogP contribution in [0.15, 0.2) is 4.52 Å². The van der Waals surface area contributed by atoms with Gasteiger partial charge in [0.05, 0.1) is 18.1 Å². The number of piperidine rings is 1. The van der Waals surface area contributed by atoms with Crippen LogP contribution in [0.5, 0.6) is 0 Å². The van der Waals surface area contributed by atoms with Crippen LogP contribution in [0.25, 0.3) is 0 Å². The molecule has 3 heterocycles. The fourth-order valence-corrected chi connectivity index (χ4v) is 5.34. The number of nitrogens with one attached hydrogen (secondary N) is 1. The second-order valence-corrected chi connectivity index (χ2v) is 8.34. The van der Waals surface area contributed by atoms with Crippen LogP contribution in [0.2, 0.25) is 0 Å². The zero-order valence-electron chi connectivity index (χ0n) is 13.0. The minimum absolute atomic E-state index is 0.0555. The van der Waals surface area contributed by atoms with Gasteiger partial charge in [-0.3, -0.25) is 4.90 Å². The first-order chi connectivity index (χ1) is 10.6. The fourth-order valence-electron chi connectivity index (χ4n) is 3.36. The smallest absolute Gasteiger partial charge is 0.240 e. The lowest BCUT2D eigenvalue weighted by Gasteiger charge is -2.34. The molecule has 0 radical (unpaired) electrons. The number of aromatic nitrogens is 2. The molecule has 2 fully saturated rings. The van der Waals surface area contributed by atoms with E-state index in [1.165, 1.54) is 6.42 Å². The van der Waals surface area contributed by atoms with E-state index in [-0.39, 0.29) is 23.6 Å². The molecule has 0 amide bonds. The Labute approximate surface area is 131 Å². The first kappa shape index (κ1) is 15.9. The van der Waals surface area contributed by atoms with Gasteiger partial charge in [-0.2, -0.15) is 4.98 Å². The quantitative estimate of drug-likeness (QED) is 0.835. The van der Waals surface area contributed by atoms with Crippen LogP contribution in [0.3, 0.4) is 0 Å². The van der Waals surface area contributed by atoms with E-state index in [1.54, 1.807) is 0 Å². The number of rotatable bonds is 5. The Balaban J connectivity index is 1.64. The summed E-state index contributed by atoms with van der Waals surface area (Å²) in [6.45, 7) is 4.40. The maximum absolute atomic E-state index is 12.0. The van der Waals surface area contributed by atoms with E-state index in [9.17, 15) is 8.42 Å². The van der Waals surface area contributed by atoms with Gasteiger partial charge in [0.25, 0.3) is 0 Å². The number of nitrogens with zero attached hydrogens (tertiary/aromatic N) is 3. The highest BCUT2D eigenvalue weighted by atomic mass is 32.2. The van der Waals surface area contributed by atoms with Crippen LogP contribution in [0.1, 0.15) is 37.9 Å². The number of hydrogen-bond acceptors (Lipinski definition) is 7. The summed E-state index contributed by atoms with van der Waals surface area (Å²) in [6, 6.07) is 0.0129. The van der Waals surface area contributed by atoms with E-state index in [0.717, 1.165) is 32.4 Å². The molecule has 2 saturated heterocycles. The first-order valence-electron chi connectivity index (χ1n) is 8.07. The molecule has 3 rings (SSSR count). The minimum atomic E-state index is -2.97. The number of aryl methyl sites for hydroxylation is 1. The summed E-state index contributed by atoms with van der Waals surface area (Å²) in [6.07, 6.45) is 4.30. The normalized spacial score (nSPS) is 29.0. The minimum Gasteiger partial charge on any atom is -0.338 e. The molecule has 7 nitrogen and oxygen atoms in total. The molecule has 2 aliphatic rings.